The van der Waals surface area contributed by atoms with E-state index in [1.807, 2.05) is 12.1 Å². The number of H-pyrrole nitrogens is 1. The summed E-state index contributed by atoms with van der Waals surface area (Å²) >= 11 is 0. The van der Waals surface area contributed by atoms with E-state index >= 15 is 0 Å². The molecule has 1 aromatic heterocycles. The van der Waals surface area contributed by atoms with Gasteiger partial charge in [0.1, 0.15) is 0 Å². The fourth-order valence-electron chi connectivity index (χ4n) is 2.06. The Labute approximate surface area is 108 Å². The summed E-state index contributed by atoms with van der Waals surface area (Å²) in [5.74, 6) is 0. The van der Waals surface area contributed by atoms with E-state index < -0.39 is 0 Å². The second kappa shape index (κ2) is 6.52. The SMILES string of the molecule is CCCNCCN(C)Cc1[nH]nc2ccccc12. The summed E-state index contributed by atoms with van der Waals surface area (Å²) in [5.41, 5.74) is 2.24. The summed E-state index contributed by atoms with van der Waals surface area (Å²) in [6.07, 6.45) is 1.19. The molecule has 18 heavy (non-hydrogen) atoms. The minimum Gasteiger partial charge on any atom is -0.315 e. The van der Waals surface area contributed by atoms with E-state index in [1.54, 1.807) is 0 Å². The van der Waals surface area contributed by atoms with Crippen molar-refractivity contribution in [2.24, 2.45) is 0 Å². The molecule has 0 amide bonds. The van der Waals surface area contributed by atoms with Crippen molar-refractivity contribution in [3.05, 3.63) is 30.0 Å². The molecule has 2 N–H and O–H groups in total. The third-order valence-corrected chi connectivity index (χ3v) is 3.07. The number of likely N-dealkylation sites (N-methyl/N-ethyl adjacent to an activating group) is 1. The Morgan fingerprint density at radius 2 is 2.11 bits per heavy atom. The Morgan fingerprint density at radius 1 is 1.28 bits per heavy atom. The van der Waals surface area contributed by atoms with Crippen LogP contribution in [0.5, 0.6) is 0 Å². The maximum atomic E-state index is 4.31. The number of rotatable bonds is 7. The molecular weight excluding hydrogens is 224 g/mol. The van der Waals surface area contributed by atoms with Crippen LogP contribution < -0.4 is 5.32 Å². The molecule has 0 saturated heterocycles. The molecular formula is C14H22N4. The van der Waals surface area contributed by atoms with Gasteiger partial charge in [0.15, 0.2) is 0 Å². The lowest BCUT2D eigenvalue weighted by Crippen LogP contribution is -2.29. The lowest BCUT2D eigenvalue weighted by molar-refractivity contribution is 0.322. The van der Waals surface area contributed by atoms with E-state index in [9.17, 15) is 0 Å². The zero-order chi connectivity index (χ0) is 12.8. The number of nitrogens with one attached hydrogen (secondary N) is 2. The van der Waals surface area contributed by atoms with Crippen LogP contribution in [0, 0.1) is 0 Å². The van der Waals surface area contributed by atoms with Crippen molar-refractivity contribution in [1.82, 2.24) is 20.4 Å². The van der Waals surface area contributed by atoms with E-state index in [0.717, 1.165) is 31.7 Å². The van der Waals surface area contributed by atoms with Crippen molar-refractivity contribution in [2.45, 2.75) is 19.9 Å². The molecule has 0 bridgehead atoms. The van der Waals surface area contributed by atoms with Crippen LogP contribution in [0.25, 0.3) is 10.9 Å². The van der Waals surface area contributed by atoms with Gasteiger partial charge in [-0.2, -0.15) is 5.10 Å². The first-order chi connectivity index (χ1) is 8.81. The molecule has 0 atom stereocenters. The number of hydrogen-bond donors (Lipinski definition) is 2. The molecule has 0 saturated carbocycles. The van der Waals surface area contributed by atoms with Crippen LogP contribution >= 0.6 is 0 Å². The number of hydrogen-bond acceptors (Lipinski definition) is 3. The fraction of sp³-hybridized carbons (Fsp3) is 0.500. The van der Waals surface area contributed by atoms with E-state index in [0.29, 0.717) is 0 Å². The molecule has 4 nitrogen and oxygen atoms in total. The van der Waals surface area contributed by atoms with E-state index in [-0.39, 0.29) is 0 Å². The largest absolute Gasteiger partial charge is 0.315 e. The predicted octanol–water partition coefficient (Wildman–Crippen LogP) is 1.99. The summed E-state index contributed by atoms with van der Waals surface area (Å²) in [7, 11) is 2.14. The Morgan fingerprint density at radius 3 is 2.94 bits per heavy atom. The molecule has 2 aromatic rings. The number of aromatic nitrogens is 2. The third-order valence-electron chi connectivity index (χ3n) is 3.07. The molecule has 0 radical (unpaired) electrons. The molecule has 0 fully saturated rings. The highest BCUT2D eigenvalue weighted by atomic mass is 15.2. The molecule has 1 aromatic carbocycles. The van der Waals surface area contributed by atoms with Crippen molar-refractivity contribution in [3.8, 4) is 0 Å². The molecule has 98 valence electrons. The fourth-order valence-corrected chi connectivity index (χ4v) is 2.06. The molecule has 1 heterocycles. The van der Waals surface area contributed by atoms with Gasteiger partial charge < -0.3 is 5.32 Å². The maximum Gasteiger partial charge on any atom is 0.0924 e. The number of fused-ring (bicyclic) bond motifs is 1. The zero-order valence-corrected chi connectivity index (χ0v) is 11.2. The maximum absolute atomic E-state index is 4.31. The summed E-state index contributed by atoms with van der Waals surface area (Å²) in [6.45, 7) is 6.28. The normalized spacial score (nSPS) is 11.5. The van der Waals surface area contributed by atoms with Crippen LogP contribution in [0.4, 0.5) is 0 Å². The van der Waals surface area contributed by atoms with Crippen LogP contribution in [0.1, 0.15) is 19.0 Å². The average Bonchev–Trinajstić information content (AvgIpc) is 2.78. The topological polar surface area (TPSA) is 44.0 Å². The number of benzene rings is 1. The van der Waals surface area contributed by atoms with Crippen LogP contribution in [0.3, 0.4) is 0 Å². The zero-order valence-electron chi connectivity index (χ0n) is 11.2. The second-order valence-electron chi connectivity index (χ2n) is 4.71. The van der Waals surface area contributed by atoms with Gasteiger partial charge in [0.25, 0.3) is 0 Å². The molecule has 2 rings (SSSR count). The van der Waals surface area contributed by atoms with Gasteiger partial charge in [0, 0.05) is 25.0 Å². The van der Waals surface area contributed by atoms with Crippen molar-refractivity contribution in [1.29, 1.82) is 0 Å². The highest BCUT2D eigenvalue weighted by molar-refractivity contribution is 5.81. The number of aromatic amines is 1. The lowest BCUT2D eigenvalue weighted by atomic mass is 10.2. The molecule has 0 spiro atoms. The van der Waals surface area contributed by atoms with Crippen LogP contribution in [0.2, 0.25) is 0 Å². The first kappa shape index (κ1) is 13.1. The Kier molecular flexibility index (Phi) is 4.73. The van der Waals surface area contributed by atoms with Gasteiger partial charge >= 0.3 is 0 Å². The Bertz CT molecular complexity index is 477. The quantitative estimate of drug-likeness (QED) is 0.734. The number of para-hydroxylation sites is 1. The van der Waals surface area contributed by atoms with Crippen LogP contribution in [-0.2, 0) is 6.54 Å². The lowest BCUT2D eigenvalue weighted by Gasteiger charge is -2.16. The van der Waals surface area contributed by atoms with Gasteiger partial charge in [0.05, 0.1) is 11.2 Å². The molecule has 0 aliphatic rings. The minimum atomic E-state index is 0.911. The van der Waals surface area contributed by atoms with Crippen molar-refractivity contribution in [3.63, 3.8) is 0 Å². The molecule has 4 heteroatoms. The molecule has 0 aliphatic heterocycles. The van der Waals surface area contributed by atoms with Crippen LogP contribution in [-0.4, -0.2) is 41.8 Å². The number of nitrogens with zero attached hydrogens (tertiary/aromatic N) is 2. The van der Waals surface area contributed by atoms with Gasteiger partial charge in [-0.25, -0.2) is 0 Å². The Hall–Kier alpha value is -1.39. The summed E-state index contributed by atoms with van der Waals surface area (Å²) in [4.78, 5) is 2.31. The summed E-state index contributed by atoms with van der Waals surface area (Å²) < 4.78 is 0. The average molecular weight is 246 g/mol. The van der Waals surface area contributed by atoms with Gasteiger partial charge in [-0.1, -0.05) is 25.1 Å². The van der Waals surface area contributed by atoms with Gasteiger partial charge in [-0.05, 0) is 26.1 Å². The van der Waals surface area contributed by atoms with Gasteiger partial charge in [-0.15, -0.1) is 0 Å². The summed E-state index contributed by atoms with van der Waals surface area (Å²) in [5, 5.41) is 12.1. The Balaban J connectivity index is 1.88. The van der Waals surface area contributed by atoms with E-state index in [4.69, 9.17) is 0 Å². The van der Waals surface area contributed by atoms with Gasteiger partial charge in [-0.3, -0.25) is 10.00 Å². The van der Waals surface area contributed by atoms with Crippen molar-refractivity contribution < 1.29 is 0 Å². The first-order valence-electron chi connectivity index (χ1n) is 6.62. The first-order valence-corrected chi connectivity index (χ1v) is 6.62. The third kappa shape index (κ3) is 3.31. The van der Waals surface area contributed by atoms with E-state index in [2.05, 4.69) is 46.5 Å². The molecule has 0 unspecified atom stereocenters. The van der Waals surface area contributed by atoms with Crippen LogP contribution in [0.15, 0.2) is 24.3 Å². The second-order valence-corrected chi connectivity index (χ2v) is 4.71. The summed E-state index contributed by atoms with van der Waals surface area (Å²) in [6, 6.07) is 8.24. The predicted molar refractivity (Wildman–Crippen MR) is 75.6 cm³/mol. The smallest absolute Gasteiger partial charge is 0.0924 e. The van der Waals surface area contributed by atoms with Gasteiger partial charge in [0.2, 0.25) is 0 Å². The van der Waals surface area contributed by atoms with Crippen molar-refractivity contribution in [2.75, 3.05) is 26.7 Å². The van der Waals surface area contributed by atoms with E-state index in [1.165, 1.54) is 17.5 Å². The monoisotopic (exact) mass is 246 g/mol. The van der Waals surface area contributed by atoms with Crippen molar-refractivity contribution >= 4 is 10.9 Å². The molecule has 0 aliphatic carbocycles. The highest BCUT2D eigenvalue weighted by Crippen LogP contribution is 2.15. The highest BCUT2D eigenvalue weighted by Gasteiger charge is 2.06. The standard InChI is InChI=1S/C14H22N4/c1-3-8-15-9-10-18(2)11-14-12-6-4-5-7-13(12)16-17-14/h4-7,15H,3,8-11H2,1-2H3,(H,16,17). The minimum absolute atomic E-state index is 0.911.